The molecular formula is C24H27F2NO3. The normalized spacial score (nSPS) is 20.9. The Balaban J connectivity index is 1.25. The second kappa shape index (κ2) is 8.25. The lowest BCUT2D eigenvalue weighted by Gasteiger charge is -2.40. The maximum Gasteiger partial charge on any atom is 0.255 e. The van der Waals surface area contributed by atoms with Crippen molar-refractivity contribution in [2.75, 3.05) is 24.6 Å². The number of hydrogen-bond donors (Lipinski definition) is 0. The zero-order chi connectivity index (χ0) is 21.3. The van der Waals surface area contributed by atoms with Crippen LogP contribution in [0.15, 0.2) is 48.5 Å². The highest BCUT2D eigenvalue weighted by molar-refractivity contribution is 5.76. The SMILES string of the molecule is CC(=O)C[C@@H](C)c1ccc(OC2CN(c3cccc(OCC4CC4(F)F)c3)C2)cc1. The maximum atomic E-state index is 13.0. The molecule has 1 saturated heterocycles. The van der Waals surface area contributed by atoms with Crippen LogP contribution in [0.5, 0.6) is 11.5 Å². The number of alkyl halides is 2. The van der Waals surface area contributed by atoms with Crippen molar-refractivity contribution in [2.24, 2.45) is 5.92 Å². The fraction of sp³-hybridized carbons (Fsp3) is 0.458. The number of halogens is 2. The standard InChI is InChI=1S/C24H27F2NO3/c1-16(10-17(2)28)18-6-8-21(9-7-18)30-23-13-27(14-23)20-4-3-5-22(11-20)29-15-19-12-24(19,25)26/h3-9,11,16,19,23H,10,12-15H2,1-2H3/t16-,19?/m1/s1. The van der Waals surface area contributed by atoms with Gasteiger partial charge in [0.1, 0.15) is 23.4 Å². The van der Waals surface area contributed by atoms with Crippen LogP contribution in [0, 0.1) is 5.92 Å². The average molecular weight is 415 g/mol. The number of nitrogens with zero attached hydrogens (tertiary/aromatic N) is 1. The molecule has 2 fully saturated rings. The van der Waals surface area contributed by atoms with Gasteiger partial charge in [-0.3, -0.25) is 0 Å². The Bertz CT molecular complexity index is 894. The van der Waals surface area contributed by atoms with Crippen molar-refractivity contribution in [1.29, 1.82) is 0 Å². The fourth-order valence-corrected chi connectivity index (χ4v) is 3.76. The van der Waals surface area contributed by atoms with Gasteiger partial charge in [-0.2, -0.15) is 0 Å². The van der Waals surface area contributed by atoms with E-state index in [1.54, 1.807) is 13.0 Å². The molecule has 2 atom stereocenters. The van der Waals surface area contributed by atoms with Crippen LogP contribution in [0.3, 0.4) is 0 Å². The molecule has 2 aromatic carbocycles. The van der Waals surface area contributed by atoms with E-state index in [0.717, 1.165) is 30.1 Å². The van der Waals surface area contributed by atoms with Crippen LogP contribution >= 0.6 is 0 Å². The van der Waals surface area contributed by atoms with Gasteiger partial charge in [0.05, 0.1) is 25.6 Å². The van der Waals surface area contributed by atoms with Gasteiger partial charge < -0.3 is 19.2 Å². The summed E-state index contributed by atoms with van der Waals surface area (Å²) in [5.41, 5.74) is 2.14. The predicted molar refractivity (Wildman–Crippen MR) is 112 cm³/mol. The molecule has 1 aliphatic carbocycles. The quantitative estimate of drug-likeness (QED) is 0.573. The van der Waals surface area contributed by atoms with Crippen molar-refractivity contribution in [1.82, 2.24) is 0 Å². The molecular weight excluding hydrogens is 388 g/mol. The fourth-order valence-electron chi connectivity index (χ4n) is 3.76. The van der Waals surface area contributed by atoms with Crippen molar-refractivity contribution in [2.45, 2.75) is 44.6 Å². The summed E-state index contributed by atoms with van der Waals surface area (Å²) in [6, 6.07) is 15.5. The largest absolute Gasteiger partial charge is 0.493 e. The first-order valence-corrected chi connectivity index (χ1v) is 10.4. The molecule has 160 valence electrons. The molecule has 2 aromatic rings. The molecule has 2 aliphatic rings. The molecule has 1 heterocycles. The first kappa shape index (κ1) is 20.6. The van der Waals surface area contributed by atoms with E-state index in [9.17, 15) is 13.6 Å². The summed E-state index contributed by atoms with van der Waals surface area (Å²) < 4.78 is 37.6. The molecule has 0 bridgehead atoms. The minimum atomic E-state index is -2.55. The molecule has 0 aromatic heterocycles. The average Bonchev–Trinajstić information content (AvgIpc) is 3.29. The number of hydrogen-bond acceptors (Lipinski definition) is 4. The van der Waals surface area contributed by atoms with E-state index < -0.39 is 11.8 Å². The Morgan fingerprint density at radius 3 is 2.50 bits per heavy atom. The van der Waals surface area contributed by atoms with Gasteiger partial charge in [0.2, 0.25) is 0 Å². The number of Topliss-reactive ketones (excluding diaryl/α,β-unsaturated/α-hetero) is 1. The van der Waals surface area contributed by atoms with Crippen molar-refractivity contribution < 1.29 is 23.0 Å². The van der Waals surface area contributed by atoms with E-state index in [4.69, 9.17) is 9.47 Å². The number of ether oxygens (including phenoxy) is 2. The van der Waals surface area contributed by atoms with Gasteiger partial charge in [0.25, 0.3) is 5.92 Å². The van der Waals surface area contributed by atoms with E-state index in [1.165, 1.54) is 0 Å². The number of carbonyl (C=O) groups is 1. The summed E-state index contributed by atoms with van der Waals surface area (Å²) in [5.74, 6) is -1.37. The van der Waals surface area contributed by atoms with Crippen molar-refractivity contribution in [3.8, 4) is 11.5 Å². The molecule has 0 radical (unpaired) electrons. The van der Waals surface area contributed by atoms with Crippen molar-refractivity contribution in [3.63, 3.8) is 0 Å². The lowest BCUT2D eigenvalue weighted by molar-refractivity contribution is -0.117. The highest BCUT2D eigenvalue weighted by Gasteiger charge is 2.57. The van der Waals surface area contributed by atoms with Crippen LogP contribution < -0.4 is 14.4 Å². The Kier molecular flexibility index (Phi) is 5.67. The van der Waals surface area contributed by atoms with Gasteiger partial charge in [0.15, 0.2) is 0 Å². The second-order valence-electron chi connectivity index (χ2n) is 8.49. The topological polar surface area (TPSA) is 38.8 Å². The predicted octanol–water partition coefficient (Wildman–Crippen LogP) is 5.07. The van der Waals surface area contributed by atoms with Crippen LogP contribution in [0.2, 0.25) is 0 Å². The third-order valence-electron chi connectivity index (χ3n) is 5.78. The third kappa shape index (κ3) is 4.91. The van der Waals surface area contributed by atoms with E-state index in [-0.39, 0.29) is 30.8 Å². The monoisotopic (exact) mass is 415 g/mol. The van der Waals surface area contributed by atoms with Gasteiger partial charge in [-0.1, -0.05) is 25.1 Å². The van der Waals surface area contributed by atoms with Gasteiger partial charge in [-0.05, 0) is 42.7 Å². The molecule has 0 N–H and O–H groups in total. The third-order valence-corrected chi connectivity index (χ3v) is 5.78. The van der Waals surface area contributed by atoms with Gasteiger partial charge in [-0.15, -0.1) is 0 Å². The summed E-state index contributed by atoms with van der Waals surface area (Å²) in [6.07, 6.45) is 0.568. The molecule has 0 spiro atoms. The van der Waals surface area contributed by atoms with Crippen molar-refractivity contribution >= 4 is 11.5 Å². The molecule has 4 nitrogen and oxygen atoms in total. The number of carbonyl (C=O) groups excluding carboxylic acids is 1. The zero-order valence-electron chi connectivity index (χ0n) is 17.3. The Hall–Kier alpha value is -2.63. The molecule has 6 heteroatoms. The van der Waals surface area contributed by atoms with E-state index in [1.807, 2.05) is 42.5 Å². The van der Waals surface area contributed by atoms with Crippen molar-refractivity contribution in [3.05, 3.63) is 54.1 Å². The Morgan fingerprint density at radius 1 is 1.17 bits per heavy atom. The Morgan fingerprint density at radius 2 is 1.87 bits per heavy atom. The maximum absolute atomic E-state index is 13.0. The smallest absolute Gasteiger partial charge is 0.255 e. The van der Waals surface area contributed by atoms with Crippen LogP contribution in [0.4, 0.5) is 14.5 Å². The summed E-state index contributed by atoms with van der Waals surface area (Å²) in [7, 11) is 0. The Labute approximate surface area is 175 Å². The minimum Gasteiger partial charge on any atom is -0.493 e. The first-order valence-electron chi connectivity index (χ1n) is 10.4. The molecule has 0 amide bonds. The lowest BCUT2D eigenvalue weighted by atomic mass is 9.96. The number of anilines is 1. The minimum absolute atomic E-state index is 0.0587. The van der Waals surface area contributed by atoms with Gasteiger partial charge >= 0.3 is 0 Å². The van der Waals surface area contributed by atoms with Crippen LogP contribution in [0.1, 0.15) is 38.2 Å². The zero-order valence-corrected chi connectivity index (χ0v) is 17.3. The summed E-state index contributed by atoms with van der Waals surface area (Å²) in [4.78, 5) is 13.5. The second-order valence-corrected chi connectivity index (χ2v) is 8.49. The lowest BCUT2D eigenvalue weighted by Crippen LogP contribution is -2.54. The van der Waals surface area contributed by atoms with Crippen LogP contribution in [0.25, 0.3) is 0 Å². The summed E-state index contributed by atoms with van der Waals surface area (Å²) in [6.45, 7) is 5.24. The highest BCUT2D eigenvalue weighted by Crippen LogP contribution is 2.48. The van der Waals surface area contributed by atoms with E-state index in [2.05, 4.69) is 11.8 Å². The first-order chi connectivity index (χ1) is 14.3. The molecule has 1 saturated carbocycles. The molecule has 1 aliphatic heterocycles. The molecule has 1 unspecified atom stereocenters. The number of rotatable bonds is 9. The molecule has 30 heavy (non-hydrogen) atoms. The summed E-state index contributed by atoms with van der Waals surface area (Å²) in [5, 5.41) is 0. The van der Waals surface area contributed by atoms with Gasteiger partial charge in [0, 0.05) is 24.6 Å². The summed E-state index contributed by atoms with van der Waals surface area (Å²) >= 11 is 0. The highest BCUT2D eigenvalue weighted by atomic mass is 19.3. The van der Waals surface area contributed by atoms with Crippen LogP contribution in [-0.4, -0.2) is 37.5 Å². The van der Waals surface area contributed by atoms with E-state index >= 15 is 0 Å². The van der Waals surface area contributed by atoms with E-state index in [0.29, 0.717) is 12.2 Å². The number of ketones is 1. The van der Waals surface area contributed by atoms with Crippen LogP contribution in [-0.2, 0) is 4.79 Å². The number of benzene rings is 2. The van der Waals surface area contributed by atoms with Gasteiger partial charge in [-0.25, -0.2) is 8.78 Å². The molecule has 4 rings (SSSR count).